The number of nitro benzene ring substituents is 1. The van der Waals surface area contributed by atoms with Crippen LogP contribution in [-0.4, -0.2) is 33.6 Å². The highest BCUT2D eigenvalue weighted by molar-refractivity contribution is 6.22. The summed E-state index contributed by atoms with van der Waals surface area (Å²) in [5.41, 5.74) is 2.53. The lowest BCUT2D eigenvalue weighted by molar-refractivity contribution is -0.384. The van der Waals surface area contributed by atoms with Gasteiger partial charge in [-0.2, -0.15) is 5.10 Å². The Hall–Kier alpha value is -3.23. The van der Waals surface area contributed by atoms with Crippen molar-refractivity contribution in [1.29, 1.82) is 0 Å². The summed E-state index contributed by atoms with van der Waals surface area (Å²) >= 11 is 0. The number of hydrogen-bond donors (Lipinski definition) is 3. The number of nitrogens with one attached hydrogen (secondary N) is 2. The summed E-state index contributed by atoms with van der Waals surface area (Å²) < 4.78 is 0. The number of carbonyl (C=O) groups excluding carboxylic acids is 2. The summed E-state index contributed by atoms with van der Waals surface area (Å²) in [6, 6.07) is 4.56. The van der Waals surface area contributed by atoms with Crippen LogP contribution in [0.3, 0.4) is 0 Å². The van der Waals surface area contributed by atoms with E-state index in [9.17, 15) is 24.8 Å². The fourth-order valence-corrected chi connectivity index (χ4v) is 2.57. The van der Waals surface area contributed by atoms with Crippen molar-refractivity contribution >= 4 is 23.2 Å². The van der Waals surface area contributed by atoms with Gasteiger partial charge in [0.1, 0.15) is 11.3 Å². The van der Waals surface area contributed by atoms with Crippen LogP contribution in [0, 0.1) is 16.0 Å². The van der Waals surface area contributed by atoms with E-state index < -0.39 is 22.8 Å². The number of hydrazone groups is 1. The van der Waals surface area contributed by atoms with E-state index in [4.69, 9.17) is 0 Å². The molecular weight excluding hydrogens is 340 g/mol. The molecule has 1 aliphatic heterocycles. The predicted molar refractivity (Wildman–Crippen MR) is 94.7 cm³/mol. The van der Waals surface area contributed by atoms with Gasteiger partial charge >= 0.3 is 0 Å². The topological polar surface area (TPSA) is 134 Å². The number of aliphatic hydroxyl groups is 1. The molecule has 2 amide bonds. The Kier molecular flexibility index (Phi) is 5.71. The minimum Gasteiger partial charge on any atom is -0.509 e. The highest BCUT2D eigenvalue weighted by Gasteiger charge is 2.33. The first-order valence-corrected chi connectivity index (χ1v) is 8.04. The normalized spacial score (nSPS) is 17.5. The van der Waals surface area contributed by atoms with Gasteiger partial charge in [-0.05, 0) is 31.4 Å². The SMILES string of the molecule is C/C(=N\NC(=O)c1ccc([N+](=O)[O-])cc1)C1=C(O)C(CC(C)C)NC1=O. The van der Waals surface area contributed by atoms with Gasteiger partial charge in [-0.25, -0.2) is 5.43 Å². The van der Waals surface area contributed by atoms with Gasteiger partial charge in [0.25, 0.3) is 17.5 Å². The lowest BCUT2D eigenvalue weighted by Gasteiger charge is -2.13. The molecule has 9 heteroatoms. The van der Waals surface area contributed by atoms with E-state index in [1.165, 1.54) is 31.2 Å². The third-order valence-corrected chi connectivity index (χ3v) is 3.85. The second-order valence-corrected chi connectivity index (χ2v) is 6.36. The first kappa shape index (κ1) is 19.1. The number of nitrogens with zero attached hydrogens (tertiary/aromatic N) is 2. The van der Waals surface area contributed by atoms with Gasteiger partial charge in [0.05, 0.1) is 16.7 Å². The van der Waals surface area contributed by atoms with Crippen molar-refractivity contribution in [2.24, 2.45) is 11.0 Å². The average Bonchev–Trinajstić information content (AvgIpc) is 2.85. The summed E-state index contributed by atoms with van der Waals surface area (Å²) in [5, 5.41) is 27.4. The van der Waals surface area contributed by atoms with Gasteiger partial charge < -0.3 is 10.4 Å². The van der Waals surface area contributed by atoms with Crippen LogP contribution in [0.1, 0.15) is 37.6 Å². The van der Waals surface area contributed by atoms with Crippen molar-refractivity contribution in [3.8, 4) is 0 Å². The molecule has 1 heterocycles. The molecule has 0 fully saturated rings. The monoisotopic (exact) mass is 360 g/mol. The van der Waals surface area contributed by atoms with Crippen LogP contribution in [0.2, 0.25) is 0 Å². The molecule has 0 saturated heterocycles. The van der Waals surface area contributed by atoms with Crippen LogP contribution < -0.4 is 10.7 Å². The number of carbonyl (C=O) groups is 2. The Morgan fingerprint density at radius 1 is 1.38 bits per heavy atom. The maximum atomic E-state index is 12.1. The number of non-ortho nitro benzene ring substituents is 1. The Morgan fingerprint density at radius 2 is 2.00 bits per heavy atom. The molecule has 0 radical (unpaired) electrons. The molecule has 0 saturated carbocycles. The second-order valence-electron chi connectivity index (χ2n) is 6.36. The average molecular weight is 360 g/mol. The minimum absolute atomic E-state index is 0.0413. The van der Waals surface area contributed by atoms with Crippen molar-refractivity contribution in [2.75, 3.05) is 0 Å². The van der Waals surface area contributed by atoms with Crippen LogP contribution in [0.25, 0.3) is 0 Å². The maximum Gasteiger partial charge on any atom is 0.271 e. The first-order valence-electron chi connectivity index (χ1n) is 8.04. The lowest BCUT2D eigenvalue weighted by atomic mass is 10.0. The number of aliphatic hydroxyl groups excluding tert-OH is 1. The van der Waals surface area contributed by atoms with E-state index in [0.29, 0.717) is 6.42 Å². The molecule has 0 spiro atoms. The first-order chi connectivity index (χ1) is 12.2. The van der Waals surface area contributed by atoms with Gasteiger partial charge in [0, 0.05) is 17.7 Å². The number of benzene rings is 1. The smallest absolute Gasteiger partial charge is 0.271 e. The molecule has 1 aromatic rings. The predicted octanol–water partition coefficient (Wildman–Crippen LogP) is 2.06. The second kappa shape index (κ2) is 7.77. The molecule has 1 aromatic carbocycles. The highest BCUT2D eigenvalue weighted by atomic mass is 16.6. The Balaban J connectivity index is 2.11. The van der Waals surface area contributed by atoms with Crippen molar-refractivity contribution in [1.82, 2.24) is 10.7 Å². The molecule has 138 valence electrons. The van der Waals surface area contributed by atoms with Crippen LogP contribution in [0.5, 0.6) is 0 Å². The zero-order valence-electron chi connectivity index (χ0n) is 14.6. The molecule has 0 bridgehead atoms. The Bertz CT molecular complexity index is 796. The number of amides is 2. The molecule has 3 N–H and O–H groups in total. The molecule has 2 rings (SSSR count). The van der Waals surface area contributed by atoms with Gasteiger partial charge in [0.15, 0.2) is 0 Å². The molecule has 1 aliphatic rings. The molecule has 1 unspecified atom stereocenters. The van der Waals surface area contributed by atoms with Crippen molar-refractivity contribution < 1.29 is 19.6 Å². The van der Waals surface area contributed by atoms with Crippen molar-refractivity contribution in [3.05, 3.63) is 51.3 Å². The summed E-state index contributed by atoms with van der Waals surface area (Å²) in [5.74, 6) is -0.842. The van der Waals surface area contributed by atoms with E-state index in [1.807, 2.05) is 13.8 Å². The maximum absolute atomic E-state index is 12.1. The van der Waals surface area contributed by atoms with Crippen LogP contribution in [0.4, 0.5) is 5.69 Å². The highest BCUT2D eigenvalue weighted by Crippen LogP contribution is 2.21. The Morgan fingerprint density at radius 3 is 2.54 bits per heavy atom. The summed E-state index contributed by atoms with van der Waals surface area (Å²) in [7, 11) is 0. The van der Waals surface area contributed by atoms with Gasteiger partial charge in [0.2, 0.25) is 0 Å². The lowest BCUT2D eigenvalue weighted by Crippen LogP contribution is -2.30. The summed E-state index contributed by atoms with van der Waals surface area (Å²) in [6.45, 7) is 5.45. The van der Waals surface area contributed by atoms with Gasteiger partial charge in [-0.3, -0.25) is 19.7 Å². The molecule has 26 heavy (non-hydrogen) atoms. The molecular formula is C17H20N4O5. The molecule has 1 atom stereocenters. The third kappa shape index (κ3) is 4.24. The number of nitro groups is 1. The quantitative estimate of drug-likeness (QED) is 0.405. The van der Waals surface area contributed by atoms with Gasteiger partial charge in [-0.1, -0.05) is 13.8 Å². The summed E-state index contributed by atoms with van der Waals surface area (Å²) in [4.78, 5) is 34.2. The van der Waals surface area contributed by atoms with E-state index in [2.05, 4.69) is 15.8 Å². The zero-order valence-corrected chi connectivity index (χ0v) is 14.6. The fraction of sp³-hybridized carbons (Fsp3) is 0.353. The third-order valence-electron chi connectivity index (χ3n) is 3.85. The Labute approximate surface area is 149 Å². The van der Waals surface area contributed by atoms with Crippen LogP contribution >= 0.6 is 0 Å². The van der Waals surface area contributed by atoms with Gasteiger partial charge in [-0.15, -0.1) is 0 Å². The van der Waals surface area contributed by atoms with Crippen molar-refractivity contribution in [3.63, 3.8) is 0 Å². The van der Waals surface area contributed by atoms with E-state index in [-0.39, 0.29) is 34.2 Å². The molecule has 0 aliphatic carbocycles. The van der Waals surface area contributed by atoms with Crippen molar-refractivity contribution in [2.45, 2.75) is 33.2 Å². The molecule has 9 nitrogen and oxygen atoms in total. The van der Waals surface area contributed by atoms with E-state index >= 15 is 0 Å². The minimum atomic E-state index is -0.587. The molecule has 0 aromatic heterocycles. The largest absolute Gasteiger partial charge is 0.509 e. The van der Waals surface area contributed by atoms with E-state index in [1.54, 1.807) is 0 Å². The zero-order chi connectivity index (χ0) is 19.4. The standard InChI is InChI=1S/C17H20N4O5/c1-9(2)8-13-15(22)14(17(24)18-13)10(3)19-20-16(23)11-4-6-12(7-5-11)21(25)26/h4-7,9,13,22H,8H2,1-3H3,(H,18,24)(H,20,23)/b19-10+. The van der Waals surface area contributed by atoms with E-state index in [0.717, 1.165) is 0 Å². The van der Waals surface area contributed by atoms with Crippen LogP contribution in [0.15, 0.2) is 40.7 Å². The summed E-state index contributed by atoms with van der Waals surface area (Å²) in [6.07, 6.45) is 0.587. The fourth-order valence-electron chi connectivity index (χ4n) is 2.57. The van der Waals surface area contributed by atoms with Crippen LogP contribution in [-0.2, 0) is 4.79 Å². The number of hydrogen-bond acceptors (Lipinski definition) is 6. The number of rotatable bonds is 6.